The van der Waals surface area contributed by atoms with Gasteiger partial charge in [-0.25, -0.2) is 14.0 Å². The highest BCUT2D eigenvalue weighted by Crippen LogP contribution is 2.36. The Labute approximate surface area is 261 Å². The van der Waals surface area contributed by atoms with Crippen molar-refractivity contribution >= 4 is 40.9 Å². The van der Waals surface area contributed by atoms with Crippen LogP contribution in [0.25, 0.3) is 0 Å². The molecule has 0 radical (unpaired) electrons. The largest absolute Gasteiger partial charge is 0.478 e. The molecule has 0 aliphatic rings. The lowest BCUT2D eigenvalue weighted by Gasteiger charge is -2.28. The van der Waals surface area contributed by atoms with E-state index >= 15 is 4.39 Å². The van der Waals surface area contributed by atoms with Crippen LogP contribution in [-0.4, -0.2) is 65.2 Å². The molecule has 0 heterocycles. The molecule has 0 spiro atoms. The minimum absolute atomic E-state index is 0.00324. The Kier molecular flexibility index (Phi) is 11.6. The number of hydrogen-bond acceptors (Lipinski definition) is 7. The van der Waals surface area contributed by atoms with Crippen molar-refractivity contribution in [3.8, 4) is 0 Å². The lowest BCUT2D eigenvalue weighted by Crippen LogP contribution is -2.35. The molecule has 12 heteroatoms. The Morgan fingerprint density at radius 2 is 1.56 bits per heavy atom. The molecule has 240 valence electrons. The van der Waals surface area contributed by atoms with E-state index in [2.05, 4.69) is 10.6 Å². The third-order valence-electron chi connectivity index (χ3n) is 6.59. The summed E-state index contributed by atoms with van der Waals surface area (Å²) in [5, 5.41) is 25.5. The highest BCUT2D eigenvalue weighted by Gasteiger charge is 2.25. The molecule has 3 aromatic carbocycles. The first-order valence-corrected chi connectivity index (χ1v) is 14.3. The summed E-state index contributed by atoms with van der Waals surface area (Å²) < 4.78 is 20.4. The third kappa shape index (κ3) is 10.6. The molecule has 0 saturated heterocycles. The first-order valence-electron chi connectivity index (χ1n) is 14.3. The van der Waals surface area contributed by atoms with Gasteiger partial charge < -0.3 is 35.4 Å². The normalized spacial score (nSPS) is 11.7. The molecule has 1 unspecified atom stereocenters. The van der Waals surface area contributed by atoms with Crippen molar-refractivity contribution in [2.24, 2.45) is 0 Å². The van der Waals surface area contributed by atoms with E-state index in [0.29, 0.717) is 12.2 Å². The summed E-state index contributed by atoms with van der Waals surface area (Å²) in [6.07, 6.45) is -2.51. The molecule has 0 bridgehead atoms. The van der Waals surface area contributed by atoms with Crippen molar-refractivity contribution < 1.29 is 38.5 Å². The van der Waals surface area contributed by atoms with Gasteiger partial charge in [0, 0.05) is 38.4 Å². The highest BCUT2D eigenvalue weighted by molar-refractivity contribution is 6.09. The molecule has 3 amide bonds. The number of carboxylic acids is 1. The molecule has 0 aromatic heterocycles. The number of aliphatic hydroxyl groups excluding tert-OH is 1. The van der Waals surface area contributed by atoms with Crippen LogP contribution in [0.5, 0.6) is 0 Å². The quantitative estimate of drug-likeness (QED) is 0.196. The number of hydrogen-bond donors (Lipinski definition) is 4. The monoisotopic (exact) mass is 622 g/mol. The van der Waals surface area contributed by atoms with Gasteiger partial charge in [-0.05, 0) is 69.2 Å². The van der Waals surface area contributed by atoms with Crippen molar-refractivity contribution in [2.45, 2.75) is 51.9 Å². The van der Waals surface area contributed by atoms with E-state index in [4.69, 9.17) is 9.84 Å². The zero-order chi connectivity index (χ0) is 33.3. The van der Waals surface area contributed by atoms with Gasteiger partial charge in [0.1, 0.15) is 17.8 Å². The van der Waals surface area contributed by atoms with Gasteiger partial charge >= 0.3 is 12.1 Å². The van der Waals surface area contributed by atoms with Crippen molar-refractivity contribution in [1.82, 2.24) is 4.90 Å². The summed E-state index contributed by atoms with van der Waals surface area (Å²) in [7, 11) is 3.22. The van der Waals surface area contributed by atoms with Crippen LogP contribution in [0.15, 0.2) is 66.7 Å². The third-order valence-corrected chi connectivity index (χ3v) is 6.59. The Morgan fingerprint density at radius 1 is 0.933 bits per heavy atom. The number of halogens is 1. The number of rotatable bonds is 12. The van der Waals surface area contributed by atoms with Gasteiger partial charge in [0.15, 0.2) is 0 Å². The summed E-state index contributed by atoms with van der Waals surface area (Å²) in [5.41, 5.74) is 0.996. The zero-order valence-corrected chi connectivity index (χ0v) is 26.0. The minimum atomic E-state index is -1.30. The van der Waals surface area contributed by atoms with E-state index in [-0.39, 0.29) is 35.5 Å². The van der Waals surface area contributed by atoms with Crippen LogP contribution < -0.4 is 15.5 Å². The molecule has 0 aliphatic carbocycles. The summed E-state index contributed by atoms with van der Waals surface area (Å²) in [5.74, 6) is -3.16. The maximum Gasteiger partial charge on any atom is 0.410 e. The van der Waals surface area contributed by atoms with Gasteiger partial charge in [-0.1, -0.05) is 30.3 Å². The van der Waals surface area contributed by atoms with Crippen LogP contribution >= 0.6 is 0 Å². The van der Waals surface area contributed by atoms with E-state index in [0.717, 1.165) is 11.6 Å². The number of ether oxygens (including phenoxy) is 1. The van der Waals surface area contributed by atoms with E-state index in [1.165, 1.54) is 42.3 Å². The molecule has 1 atom stereocenters. The van der Waals surface area contributed by atoms with Gasteiger partial charge in [-0.3, -0.25) is 9.59 Å². The maximum atomic E-state index is 15.0. The highest BCUT2D eigenvalue weighted by atomic mass is 19.1. The Hall–Kier alpha value is -4.97. The Morgan fingerprint density at radius 3 is 2.16 bits per heavy atom. The molecule has 0 aliphatic heterocycles. The van der Waals surface area contributed by atoms with Crippen LogP contribution in [0.4, 0.5) is 26.2 Å². The molecular weight excluding hydrogens is 583 g/mol. The number of nitrogens with zero attached hydrogens (tertiary/aromatic N) is 2. The van der Waals surface area contributed by atoms with E-state index in [9.17, 15) is 24.3 Å². The molecule has 0 saturated carbocycles. The van der Waals surface area contributed by atoms with Crippen molar-refractivity contribution in [2.75, 3.05) is 36.2 Å². The fourth-order valence-electron chi connectivity index (χ4n) is 4.39. The smallest absolute Gasteiger partial charge is 0.410 e. The predicted octanol–water partition coefficient (Wildman–Crippen LogP) is 5.42. The second kappa shape index (κ2) is 15.2. The Balaban J connectivity index is 1.84. The standard InChI is InChI=1S/C33H39FN4O7/c1-33(2,3)45-32(44)37(4)16-15-27(39)25-17-23(34)18-26(38(5)20-21-9-7-6-8-10-21)30(25)36-29(41)19-28(40)35-24-13-11-22(12-14-24)31(42)43/h6-14,17-18,27,39H,15-16,19-20H2,1-5H3,(H,35,40)(H,36,41)(H,42,43). The molecule has 3 aromatic rings. The van der Waals surface area contributed by atoms with Gasteiger partial charge in [0.2, 0.25) is 11.8 Å². The second-order valence-electron chi connectivity index (χ2n) is 11.6. The summed E-state index contributed by atoms with van der Waals surface area (Å²) in [6, 6.07) is 17.2. The van der Waals surface area contributed by atoms with Gasteiger partial charge in [0.05, 0.1) is 23.0 Å². The zero-order valence-electron chi connectivity index (χ0n) is 26.0. The summed E-state index contributed by atoms with van der Waals surface area (Å²) >= 11 is 0. The number of carbonyl (C=O) groups excluding carboxylic acids is 3. The molecular formula is C33H39FN4O7. The van der Waals surface area contributed by atoms with Crippen molar-refractivity contribution in [1.29, 1.82) is 0 Å². The fourth-order valence-corrected chi connectivity index (χ4v) is 4.39. The predicted molar refractivity (Wildman–Crippen MR) is 169 cm³/mol. The summed E-state index contributed by atoms with van der Waals surface area (Å²) in [4.78, 5) is 52.3. The van der Waals surface area contributed by atoms with E-state index < -0.39 is 47.8 Å². The lowest BCUT2D eigenvalue weighted by molar-refractivity contribution is -0.123. The first kappa shape index (κ1) is 34.5. The van der Waals surface area contributed by atoms with Crippen LogP contribution in [0, 0.1) is 5.82 Å². The van der Waals surface area contributed by atoms with Crippen LogP contribution in [-0.2, 0) is 20.9 Å². The number of carboxylic acid groups (broad SMARTS) is 1. The fraction of sp³-hybridized carbons (Fsp3) is 0.333. The lowest BCUT2D eigenvalue weighted by atomic mass is 10.0. The number of nitrogens with one attached hydrogen (secondary N) is 2. The molecule has 11 nitrogen and oxygen atoms in total. The number of aliphatic hydroxyl groups is 1. The van der Waals surface area contributed by atoms with E-state index in [1.54, 1.807) is 32.7 Å². The summed E-state index contributed by atoms with van der Waals surface area (Å²) in [6.45, 7) is 5.61. The molecule has 0 fully saturated rings. The number of benzene rings is 3. The number of carbonyl (C=O) groups is 4. The van der Waals surface area contributed by atoms with Gasteiger partial charge in [0.25, 0.3) is 0 Å². The number of aromatic carboxylic acids is 1. The molecule has 4 N–H and O–H groups in total. The maximum absolute atomic E-state index is 15.0. The van der Waals surface area contributed by atoms with Crippen LogP contribution in [0.2, 0.25) is 0 Å². The molecule has 45 heavy (non-hydrogen) atoms. The van der Waals surface area contributed by atoms with Crippen molar-refractivity contribution in [3.63, 3.8) is 0 Å². The van der Waals surface area contributed by atoms with Gasteiger partial charge in [-0.15, -0.1) is 0 Å². The first-order chi connectivity index (χ1) is 21.1. The average molecular weight is 623 g/mol. The second-order valence-corrected chi connectivity index (χ2v) is 11.6. The van der Waals surface area contributed by atoms with Crippen molar-refractivity contribution in [3.05, 3.63) is 89.2 Å². The number of anilines is 3. The SMILES string of the molecule is CN(CCC(O)c1cc(F)cc(N(C)Cc2ccccc2)c1NC(=O)CC(=O)Nc1ccc(C(=O)O)cc1)C(=O)OC(C)(C)C. The van der Waals surface area contributed by atoms with Gasteiger partial charge in [-0.2, -0.15) is 0 Å². The van der Waals surface area contributed by atoms with E-state index in [1.807, 2.05) is 30.3 Å². The average Bonchev–Trinajstić information content (AvgIpc) is 2.96. The van der Waals surface area contributed by atoms with Crippen LogP contribution in [0.3, 0.4) is 0 Å². The number of amides is 3. The van der Waals surface area contributed by atoms with Crippen LogP contribution in [0.1, 0.15) is 61.2 Å². The minimum Gasteiger partial charge on any atom is -0.478 e. The topological polar surface area (TPSA) is 149 Å². The Bertz CT molecular complexity index is 1510. The molecule has 3 rings (SSSR count).